The molecule has 1 aromatic heterocycles. The number of halogens is 1. The number of carboxylic acid groups (broad SMARTS) is 1. The second kappa shape index (κ2) is 6.03. The fourth-order valence-corrected chi connectivity index (χ4v) is 1.73. The molecule has 1 heterocycles. The molecule has 2 aromatic rings. The molecule has 1 aromatic carbocycles. The minimum atomic E-state index is -0.847. The lowest BCUT2D eigenvalue weighted by Gasteiger charge is -2.04. The molecule has 0 atom stereocenters. The highest BCUT2D eigenvalue weighted by Gasteiger charge is 2.08. The van der Waals surface area contributed by atoms with E-state index in [0.717, 1.165) is 5.56 Å². The second-order valence-corrected chi connectivity index (χ2v) is 4.12. The zero-order valence-electron chi connectivity index (χ0n) is 10.2. The van der Waals surface area contributed by atoms with E-state index in [-0.39, 0.29) is 12.2 Å². The lowest BCUT2D eigenvalue weighted by molar-refractivity contribution is -0.137. The van der Waals surface area contributed by atoms with Gasteiger partial charge in [0.1, 0.15) is 5.82 Å². The molecule has 0 saturated heterocycles. The predicted molar refractivity (Wildman–Crippen MR) is 63.9 cm³/mol. The van der Waals surface area contributed by atoms with E-state index in [9.17, 15) is 9.18 Å². The van der Waals surface area contributed by atoms with Gasteiger partial charge in [0.2, 0.25) is 0 Å². The van der Waals surface area contributed by atoms with Crippen molar-refractivity contribution < 1.29 is 14.3 Å². The van der Waals surface area contributed by atoms with Gasteiger partial charge in [0.25, 0.3) is 0 Å². The van der Waals surface area contributed by atoms with Crippen LogP contribution in [0.4, 0.5) is 4.39 Å². The third-order valence-corrected chi connectivity index (χ3v) is 2.62. The Morgan fingerprint density at radius 1 is 1.42 bits per heavy atom. The summed E-state index contributed by atoms with van der Waals surface area (Å²) in [6.07, 6.45) is 0.938. The van der Waals surface area contributed by atoms with E-state index in [1.165, 1.54) is 12.1 Å². The first-order chi connectivity index (χ1) is 9.15. The van der Waals surface area contributed by atoms with Crippen LogP contribution in [0.3, 0.4) is 0 Å². The maximum absolute atomic E-state index is 13.1. The number of nitrogens with zero attached hydrogens (tertiary/aromatic N) is 4. The van der Waals surface area contributed by atoms with Crippen LogP contribution >= 0.6 is 0 Å². The number of hydrogen-bond acceptors (Lipinski definition) is 4. The normalized spacial score (nSPS) is 10.6. The molecule has 0 amide bonds. The van der Waals surface area contributed by atoms with Crippen molar-refractivity contribution in [2.45, 2.75) is 25.8 Å². The summed E-state index contributed by atoms with van der Waals surface area (Å²) in [4.78, 5) is 10.4. The largest absolute Gasteiger partial charge is 0.481 e. The third kappa shape index (κ3) is 3.84. The first-order valence-electron chi connectivity index (χ1n) is 5.86. The van der Waals surface area contributed by atoms with Crippen LogP contribution in [0.2, 0.25) is 0 Å². The van der Waals surface area contributed by atoms with Crippen molar-refractivity contribution in [2.75, 3.05) is 0 Å². The molecular formula is C12H13FN4O2. The van der Waals surface area contributed by atoms with Gasteiger partial charge in [-0.2, -0.15) is 0 Å². The molecule has 0 aliphatic heterocycles. The first-order valence-corrected chi connectivity index (χ1v) is 5.86. The summed E-state index contributed by atoms with van der Waals surface area (Å²) >= 11 is 0. The van der Waals surface area contributed by atoms with Gasteiger partial charge >= 0.3 is 5.97 Å². The van der Waals surface area contributed by atoms with Crippen LogP contribution in [0.25, 0.3) is 0 Å². The highest BCUT2D eigenvalue weighted by Crippen LogP contribution is 2.09. The van der Waals surface area contributed by atoms with Crippen molar-refractivity contribution in [2.24, 2.45) is 0 Å². The maximum Gasteiger partial charge on any atom is 0.303 e. The molecule has 0 bridgehead atoms. The van der Waals surface area contributed by atoms with Crippen LogP contribution in [0, 0.1) is 5.82 Å². The Hall–Kier alpha value is -2.31. The van der Waals surface area contributed by atoms with E-state index >= 15 is 0 Å². The van der Waals surface area contributed by atoms with Crippen LogP contribution in [0.1, 0.15) is 24.2 Å². The van der Waals surface area contributed by atoms with Crippen LogP contribution in [0.15, 0.2) is 24.3 Å². The lowest BCUT2D eigenvalue weighted by Crippen LogP contribution is -2.08. The molecule has 2 rings (SSSR count). The Balaban J connectivity index is 2.01. The maximum atomic E-state index is 13.1. The minimum absolute atomic E-state index is 0.0687. The Morgan fingerprint density at radius 2 is 2.26 bits per heavy atom. The highest BCUT2D eigenvalue weighted by molar-refractivity contribution is 5.66. The number of benzene rings is 1. The van der Waals surface area contributed by atoms with Crippen LogP contribution < -0.4 is 0 Å². The van der Waals surface area contributed by atoms with E-state index < -0.39 is 5.97 Å². The molecule has 19 heavy (non-hydrogen) atoms. The zero-order valence-corrected chi connectivity index (χ0v) is 10.2. The van der Waals surface area contributed by atoms with Crippen LogP contribution in [0.5, 0.6) is 0 Å². The van der Waals surface area contributed by atoms with Crippen molar-refractivity contribution in [3.8, 4) is 0 Å². The summed E-state index contributed by atoms with van der Waals surface area (Å²) in [5.41, 5.74) is 0.772. The van der Waals surface area contributed by atoms with Crippen molar-refractivity contribution in [1.29, 1.82) is 0 Å². The van der Waals surface area contributed by atoms with Gasteiger partial charge in [-0.05, 0) is 34.5 Å². The molecule has 0 spiro atoms. The smallest absolute Gasteiger partial charge is 0.303 e. The molecular weight excluding hydrogens is 251 g/mol. The van der Waals surface area contributed by atoms with Crippen molar-refractivity contribution >= 4 is 5.97 Å². The van der Waals surface area contributed by atoms with Gasteiger partial charge < -0.3 is 5.11 Å². The molecule has 7 heteroatoms. The molecule has 100 valence electrons. The average molecular weight is 264 g/mol. The molecule has 0 fully saturated rings. The summed E-state index contributed by atoms with van der Waals surface area (Å²) in [6, 6.07) is 6.22. The topological polar surface area (TPSA) is 80.9 Å². The monoisotopic (exact) mass is 264 g/mol. The summed E-state index contributed by atoms with van der Waals surface area (Å²) < 4.78 is 14.6. The molecule has 0 radical (unpaired) electrons. The van der Waals surface area contributed by atoms with Crippen LogP contribution in [-0.2, 0) is 17.8 Å². The molecule has 0 aliphatic carbocycles. The van der Waals surface area contributed by atoms with E-state index in [4.69, 9.17) is 5.11 Å². The number of aryl methyl sites for hydroxylation is 1. The SMILES string of the molecule is O=C(O)CCCn1nnnc1Cc1cccc(F)c1. The molecule has 0 aliphatic rings. The number of aliphatic carboxylic acids is 1. The third-order valence-electron chi connectivity index (χ3n) is 2.62. The summed E-state index contributed by atoms with van der Waals surface area (Å²) in [7, 11) is 0. The van der Waals surface area contributed by atoms with E-state index in [0.29, 0.717) is 25.2 Å². The van der Waals surface area contributed by atoms with Crippen molar-refractivity contribution in [3.63, 3.8) is 0 Å². The molecule has 0 saturated carbocycles. The summed E-state index contributed by atoms with van der Waals surface area (Å²) in [6.45, 7) is 0.434. The number of aromatic nitrogens is 4. The van der Waals surface area contributed by atoms with Gasteiger partial charge in [-0.1, -0.05) is 12.1 Å². The standard InChI is InChI=1S/C12H13FN4O2/c13-10-4-1-3-9(7-10)8-11-14-15-16-17(11)6-2-5-12(18)19/h1,3-4,7H,2,5-6,8H2,(H,18,19). The highest BCUT2D eigenvalue weighted by atomic mass is 19.1. The number of rotatable bonds is 6. The average Bonchev–Trinajstić information content (AvgIpc) is 2.76. The second-order valence-electron chi connectivity index (χ2n) is 4.12. The molecule has 6 nitrogen and oxygen atoms in total. The Labute approximate surface area is 108 Å². The van der Waals surface area contributed by atoms with Gasteiger partial charge in [0.15, 0.2) is 5.82 Å². The van der Waals surface area contributed by atoms with E-state index in [1.807, 2.05) is 0 Å². The van der Waals surface area contributed by atoms with Crippen molar-refractivity contribution in [3.05, 3.63) is 41.5 Å². The number of tetrazole rings is 1. The Kier molecular flexibility index (Phi) is 4.17. The lowest BCUT2D eigenvalue weighted by atomic mass is 10.1. The Bertz CT molecular complexity index is 570. The molecule has 0 unspecified atom stereocenters. The fraction of sp³-hybridized carbons (Fsp3) is 0.333. The van der Waals surface area contributed by atoms with E-state index in [2.05, 4.69) is 15.5 Å². The van der Waals surface area contributed by atoms with Gasteiger partial charge in [-0.3, -0.25) is 4.79 Å². The fourth-order valence-electron chi connectivity index (χ4n) is 1.73. The quantitative estimate of drug-likeness (QED) is 0.849. The molecule has 1 N–H and O–H groups in total. The predicted octanol–water partition coefficient (Wildman–Crippen LogP) is 1.27. The first kappa shape index (κ1) is 13.1. The van der Waals surface area contributed by atoms with Crippen molar-refractivity contribution in [1.82, 2.24) is 20.2 Å². The van der Waals surface area contributed by atoms with Gasteiger partial charge in [-0.25, -0.2) is 9.07 Å². The number of hydrogen-bond donors (Lipinski definition) is 1. The summed E-state index contributed by atoms with van der Waals surface area (Å²) in [5, 5.41) is 19.8. The minimum Gasteiger partial charge on any atom is -0.481 e. The number of carbonyl (C=O) groups is 1. The van der Waals surface area contributed by atoms with Gasteiger partial charge in [0.05, 0.1) is 0 Å². The van der Waals surface area contributed by atoms with Gasteiger partial charge in [-0.15, -0.1) is 5.10 Å². The number of carboxylic acids is 1. The van der Waals surface area contributed by atoms with Crippen LogP contribution in [-0.4, -0.2) is 31.3 Å². The van der Waals surface area contributed by atoms with Gasteiger partial charge in [0, 0.05) is 19.4 Å². The summed E-state index contributed by atoms with van der Waals surface area (Å²) in [5.74, 6) is -0.557. The zero-order chi connectivity index (χ0) is 13.7. The van der Waals surface area contributed by atoms with E-state index in [1.54, 1.807) is 16.8 Å². The Morgan fingerprint density at radius 3 is 3.00 bits per heavy atom.